The van der Waals surface area contributed by atoms with Crippen molar-refractivity contribution < 1.29 is 0 Å². The molecule has 0 saturated heterocycles. The van der Waals surface area contributed by atoms with Gasteiger partial charge < -0.3 is 0 Å². The van der Waals surface area contributed by atoms with Crippen molar-refractivity contribution in [3.63, 3.8) is 0 Å². The predicted octanol–water partition coefficient (Wildman–Crippen LogP) is 5.77. The van der Waals surface area contributed by atoms with Crippen LogP contribution < -0.4 is 0 Å². The van der Waals surface area contributed by atoms with Gasteiger partial charge in [-0.05, 0) is 42.2 Å². The first-order valence-electron chi connectivity index (χ1n) is 7.37. The minimum absolute atomic E-state index is 0.477. The number of hydrogen-bond donors (Lipinski definition) is 0. The molecule has 1 heterocycles. The Bertz CT molecular complexity index is 794. The number of pyridine rings is 1. The van der Waals surface area contributed by atoms with Crippen LogP contribution in [0.25, 0.3) is 22.4 Å². The molecule has 2 heteroatoms. The molecule has 0 aliphatic heterocycles. The molecule has 1 nitrogen and oxygen atoms in total. The van der Waals surface area contributed by atoms with Crippen LogP contribution in [0.1, 0.15) is 16.7 Å². The smallest absolute Gasteiger partial charge is 0.0783 e. The molecular formula is C20H18ClN. The van der Waals surface area contributed by atoms with E-state index in [0.717, 1.165) is 22.4 Å². The van der Waals surface area contributed by atoms with Gasteiger partial charge in [-0.25, -0.2) is 0 Å². The standard InChI is InChI=1S/C20H18ClN/c1-14-8-9-17(12-15(14)2)19-18(13-21)10-11-22-20(19)16-6-4-3-5-7-16/h3-12H,13H2,1-2H3. The Hall–Kier alpha value is -2.12. The number of aromatic nitrogens is 1. The van der Waals surface area contributed by atoms with E-state index in [2.05, 4.69) is 49.2 Å². The highest BCUT2D eigenvalue weighted by Gasteiger charge is 2.13. The molecule has 0 atom stereocenters. The Kier molecular flexibility index (Phi) is 4.26. The van der Waals surface area contributed by atoms with E-state index in [1.807, 2.05) is 30.5 Å². The highest BCUT2D eigenvalue weighted by Crippen LogP contribution is 2.34. The fourth-order valence-electron chi connectivity index (χ4n) is 2.65. The van der Waals surface area contributed by atoms with Gasteiger partial charge in [0.15, 0.2) is 0 Å². The largest absolute Gasteiger partial charge is 0.256 e. The maximum atomic E-state index is 6.18. The summed E-state index contributed by atoms with van der Waals surface area (Å²) in [7, 11) is 0. The quantitative estimate of drug-likeness (QED) is 0.560. The molecule has 3 rings (SSSR count). The molecule has 0 fully saturated rings. The third-order valence-corrected chi connectivity index (χ3v) is 4.31. The van der Waals surface area contributed by atoms with Crippen LogP contribution in [-0.4, -0.2) is 4.98 Å². The van der Waals surface area contributed by atoms with E-state index < -0.39 is 0 Å². The number of hydrogen-bond acceptors (Lipinski definition) is 1. The van der Waals surface area contributed by atoms with E-state index in [4.69, 9.17) is 11.6 Å². The number of aryl methyl sites for hydroxylation is 2. The molecule has 1 aromatic heterocycles. The van der Waals surface area contributed by atoms with Crippen molar-refractivity contribution in [3.8, 4) is 22.4 Å². The monoisotopic (exact) mass is 307 g/mol. The minimum Gasteiger partial charge on any atom is -0.256 e. The first kappa shape index (κ1) is 14.8. The van der Waals surface area contributed by atoms with E-state index in [1.54, 1.807) is 0 Å². The van der Waals surface area contributed by atoms with Crippen molar-refractivity contribution in [3.05, 3.63) is 77.5 Å². The van der Waals surface area contributed by atoms with Gasteiger partial charge in [-0.3, -0.25) is 4.98 Å². The third-order valence-electron chi connectivity index (χ3n) is 4.02. The Morgan fingerprint density at radius 1 is 0.864 bits per heavy atom. The van der Waals surface area contributed by atoms with Crippen LogP contribution in [0.3, 0.4) is 0 Å². The van der Waals surface area contributed by atoms with Gasteiger partial charge in [-0.2, -0.15) is 0 Å². The van der Waals surface area contributed by atoms with Crippen LogP contribution >= 0.6 is 11.6 Å². The topological polar surface area (TPSA) is 12.9 Å². The van der Waals surface area contributed by atoms with Gasteiger partial charge in [0.2, 0.25) is 0 Å². The second-order valence-corrected chi connectivity index (χ2v) is 5.76. The van der Waals surface area contributed by atoms with Gasteiger partial charge in [0.1, 0.15) is 0 Å². The molecule has 2 aromatic carbocycles. The Balaban J connectivity index is 2.26. The summed E-state index contributed by atoms with van der Waals surface area (Å²) in [5, 5.41) is 0. The van der Waals surface area contributed by atoms with E-state index >= 15 is 0 Å². The Labute approximate surface area is 136 Å². The van der Waals surface area contributed by atoms with Crippen LogP contribution in [0.2, 0.25) is 0 Å². The molecule has 22 heavy (non-hydrogen) atoms. The SMILES string of the molecule is Cc1ccc(-c2c(CCl)ccnc2-c2ccccc2)cc1C. The van der Waals surface area contributed by atoms with Crippen molar-refractivity contribution >= 4 is 11.6 Å². The number of rotatable bonds is 3. The molecule has 0 saturated carbocycles. The molecule has 0 bridgehead atoms. The molecule has 0 aliphatic carbocycles. The molecule has 0 aliphatic rings. The number of benzene rings is 2. The average molecular weight is 308 g/mol. The summed E-state index contributed by atoms with van der Waals surface area (Å²) < 4.78 is 0. The van der Waals surface area contributed by atoms with Crippen LogP contribution in [0.5, 0.6) is 0 Å². The van der Waals surface area contributed by atoms with E-state index in [-0.39, 0.29) is 0 Å². The second kappa shape index (κ2) is 6.33. The van der Waals surface area contributed by atoms with Crippen LogP contribution in [0, 0.1) is 13.8 Å². The first-order chi connectivity index (χ1) is 10.7. The number of halogens is 1. The molecule has 0 unspecified atom stereocenters. The molecule has 0 radical (unpaired) electrons. The van der Waals surface area contributed by atoms with Crippen molar-refractivity contribution in [2.24, 2.45) is 0 Å². The normalized spacial score (nSPS) is 10.7. The maximum absolute atomic E-state index is 6.18. The summed E-state index contributed by atoms with van der Waals surface area (Å²) in [6.07, 6.45) is 1.84. The van der Waals surface area contributed by atoms with Gasteiger partial charge >= 0.3 is 0 Å². The van der Waals surface area contributed by atoms with E-state index in [0.29, 0.717) is 5.88 Å². The van der Waals surface area contributed by atoms with Crippen molar-refractivity contribution in [1.82, 2.24) is 4.98 Å². The van der Waals surface area contributed by atoms with Gasteiger partial charge in [0.05, 0.1) is 5.69 Å². The lowest BCUT2D eigenvalue weighted by atomic mass is 9.93. The molecule has 110 valence electrons. The van der Waals surface area contributed by atoms with Crippen molar-refractivity contribution in [2.45, 2.75) is 19.7 Å². The average Bonchev–Trinajstić information content (AvgIpc) is 2.57. The minimum atomic E-state index is 0.477. The lowest BCUT2D eigenvalue weighted by Gasteiger charge is -2.14. The lowest BCUT2D eigenvalue weighted by molar-refractivity contribution is 1.26. The number of alkyl halides is 1. The summed E-state index contributed by atoms with van der Waals surface area (Å²) in [6, 6.07) is 18.8. The van der Waals surface area contributed by atoms with Gasteiger partial charge in [-0.15, -0.1) is 11.6 Å². The van der Waals surface area contributed by atoms with Crippen LogP contribution in [0.4, 0.5) is 0 Å². The van der Waals surface area contributed by atoms with Crippen LogP contribution in [0.15, 0.2) is 60.8 Å². The van der Waals surface area contributed by atoms with Crippen molar-refractivity contribution in [2.75, 3.05) is 0 Å². The summed E-state index contributed by atoms with van der Waals surface area (Å²) in [5.74, 6) is 0.477. The van der Waals surface area contributed by atoms with E-state index in [9.17, 15) is 0 Å². The molecule has 0 spiro atoms. The third kappa shape index (κ3) is 2.77. The highest BCUT2D eigenvalue weighted by atomic mass is 35.5. The fourth-order valence-corrected chi connectivity index (χ4v) is 2.87. The summed E-state index contributed by atoms with van der Waals surface area (Å²) in [5.41, 5.74) is 8.09. The zero-order valence-corrected chi connectivity index (χ0v) is 13.6. The molecule has 3 aromatic rings. The predicted molar refractivity (Wildman–Crippen MR) is 94.1 cm³/mol. The van der Waals surface area contributed by atoms with Crippen molar-refractivity contribution in [1.29, 1.82) is 0 Å². The Morgan fingerprint density at radius 2 is 1.64 bits per heavy atom. The number of nitrogens with zero attached hydrogens (tertiary/aromatic N) is 1. The molecule has 0 N–H and O–H groups in total. The Morgan fingerprint density at radius 3 is 2.32 bits per heavy atom. The zero-order chi connectivity index (χ0) is 15.5. The molecule has 0 amide bonds. The van der Waals surface area contributed by atoms with Gasteiger partial charge in [0.25, 0.3) is 0 Å². The zero-order valence-electron chi connectivity index (χ0n) is 12.8. The summed E-state index contributed by atoms with van der Waals surface area (Å²) in [4.78, 5) is 4.63. The molecular weight excluding hydrogens is 290 g/mol. The second-order valence-electron chi connectivity index (χ2n) is 5.49. The van der Waals surface area contributed by atoms with Gasteiger partial charge in [0, 0.05) is 23.2 Å². The van der Waals surface area contributed by atoms with E-state index in [1.165, 1.54) is 16.7 Å². The van der Waals surface area contributed by atoms with Gasteiger partial charge in [-0.1, -0.05) is 48.5 Å². The lowest BCUT2D eigenvalue weighted by Crippen LogP contribution is -1.95. The highest BCUT2D eigenvalue weighted by molar-refractivity contribution is 6.17. The van der Waals surface area contributed by atoms with Crippen LogP contribution in [-0.2, 0) is 5.88 Å². The maximum Gasteiger partial charge on any atom is 0.0783 e. The summed E-state index contributed by atoms with van der Waals surface area (Å²) in [6.45, 7) is 4.26. The first-order valence-corrected chi connectivity index (χ1v) is 7.91. The fraction of sp³-hybridized carbons (Fsp3) is 0.150. The summed E-state index contributed by atoms with van der Waals surface area (Å²) >= 11 is 6.18.